The van der Waals surface area contributed by atoms with Crippen molar-refractivity contribution < 1.29 is 0 Å². The van der Waals surface area contributed by atoms with Crippen LogP contribution in [0.1, 0.15) is 43.7 Å². The predicted molar refractivity (Wildman–Crippen MR) is 225 cm³/mol. The lowest BCUT2D eigenvalue weighted by Crippen LogP contribution is -2.39. The fraction of sp³-hybridized carbons (Fsp3) is 0.137. The molecule has 1 aromatic heterocycles. The molecule has 2 heteroatoms. The lowest BCUT2D eigenvalue weighted by Gasteiger charge is -2.37. The van der Waals surface area contributed by atoms with E-state index in [4.69, 9.17) is 0 Å². The van der Waals surface area contributed by atoms with Gasteiger partial charge in [0.05, 0.1) is 17.1 Å². The summed E-state index contributed by atoms with van der Waals surface area (Å²) < 4.78 is 2.45. The first kappa shape index (κ1) is 30.5. The molecule has 0 fully saturated rings. The van der Waals surface area contributed by atoms with Gasteiger partial charge in [-0.2, -0.15) is 0 Å². The molecule has 2 unspecified atom stereocenters. The van der Waals surface area contributed by atoms with E-state index in [1.54, 1.807) is 0 Å². The Kier molecular flexibility index (Phi) is 6.73. The number of aromatic nitrogens is 1. The summed E-state index contributed by atoms with van der Waals surface area (Å²) in [6.07, 6.45) is 23.3. The van der Waals surface area contributed by atoms with Crippen molar-refractivity contribution in [2.75, 3.05) is 4.90 Å². The zero-order valence-electron chi connectivity index (χ0n) is 30.0. The third kappa shape index (κ3) is 4.65. The molecule has 0 saturated carbocycles. The van der Waals surface area contributed by atoms with Gasteiger partial charge in [0, 0.05) is 33.3 Å². The van der Waals surface area contributed by atoms with Crippen LogP contribution in [0.3, 0.4) is 0 Å². The van der Waals surface area contributed by atoms with Gasteiger partial charge in [0.25, 0.3) is 0 Å². The summed E-state index contributed by atoms with van der Waals surface area (Å²) in [6, 6.07) is 45.6. The van der Waals surface area contributed by atoms with E-state index in [0.29, 0.717) is 0 Å². The molecule has 2 heterocycles. The summed E-state index contributed by atoms with van der Waals surface area (Å²) in [6.45, 7) is 2.45. The highest BCUT2D eigenvalue weighted by Crippen LogP contribution is 2.54. The van der Waals surface area contributed by atoms with Gasteiger partial charge >= 0.3 is 0 Å². The number of allylic oxidation sites excluding steroid dienone is 9. The summed E-state index contributed by atoms with van der Waals surface area (Å²) in [5.74, 6) is 0. The van der Waals surface area contributed by atoms with Crippen molar-refractivity contribution in [1.29, 1.82) is 0 Å². The Morgan fingerprint density at radius 1 is 0.604 bits per heavy atom. The van der Waals surface area contributed by atoms with Crippen LogP contribution >= 0.6 is 0 Å². The molecule has 6 aromatic carbocycles. The Morgan fingerprint density at radius 3 is 2.36 bits per heavy atom. The van der Waals surface area contributed by atoms with E-state index in [-0.39, 0.29) is 11.5 Å². The highest BCUT2D eigenvalue weighted by atomic mass is 15.2. The molecule has 0 spiro atoms. The van der Waals surface area contributed by atoms with Crippen molar-refractivity contribution in [3.63, 3.8) is 0 Å². The molecule has 7 aromatic rings. The van der Waals surface area contributed by atoms with Gasteiger partial charge in [-0.05, 0) is 124 Å². The molecule has 0 N–H and O–H groups in total. The minimum absolute atomic E-state index is 0.152. The smallest absolute Gasteiger partial charge is 0.0652 e. The number of para-hydroxylation sites is 1. The van der Waals surface area contributed by atoms with Crippen molar-refractivity contribution in [1.82, 2.24) is 4.57 Å². The fourth-order valence-corrected chi connectivity index (χ4v) is 9.77. The van der Waals surface area contributed by atoms with Crippen LogP contribution in [0.2, 0.25) is 0 Å². The Labute approximate surface area is 310 Å². The van der Waals surface area contributed by atoms with Crippen LogP contribution < -0.4 is 4.90 Å². The lowest BCUT2D eigenvalue weighted by atomic mass is 9.72. The standard InChI is InChI=1S/C51H40N2/c1-51-33-39(25-29-50(51)53(49-21-10-8-19-46(49)51)41-26-27-43-38(31-41)23-22-35-14-5-6-17-42(35)43)37-24-28-48-45(32-37)44-18-7-9-20-47(44)52(48)40-16-11-15-36(30-40)34-12-3-2-4-13-34/h2-3,5-9,11-12,14-20,22-33,50H,4,10,13,21H2,1H3. The normalized spacial score (nSPS) is 20.8. The molecule has 254 valence electrons. The van der Waals surface area contributed by atoms with Gasteiger partial charge in [-0.3, -0.25) is 0 Å². The summed E-state index contributed by atoms with van der Waals surface area (Å²) in [7, 11) is 0. The molecule has 4 aliphatic rings. The maximum absolute atomic E-state index is 2.64. The Hall–Kier alpha value is -6.12. The molecular formula is C51H40N2. The van der Waals surface area contributed by atoms with E-state index in [2.05, 4.69) is 186 Å². The van der Waals surface area contributed by atoms with E-state index in [9.17, 15) is 0 Å². The average molecular weight is 681 g/mol. The minimum Gasteiger partial charge on any atom is -0.337 e. The van der Waals surface area contributed by atoms with Crippen molar-refractivity contribution in [2.45, 2.75) is 38.6 Å². The van der Waals surface area contributed by atoms with Crippen LogP contribution in [0.25, 0.3) is 60.2 Å². The molecule has 11 rings (SSSR count). The zero-order valence-corrected chi connectivity index (χ0v) is 30.0. The topological polar surface area (TPSA) is 8.17 Å². The highest BCUT2D eigenvalue weighted by molar-refractivity contribution is 6.11. The largest absolute Gasteiger partial charge is 0.337 e. The maximum atomic E-state index is 2.64. The third-order valence-corrected chi connectivity index (χ3v) is 12.3. The third-order valence-electron chi connectivity index (χ3n) is 12.3. The Bertz CT molecular complexity index is 2870. The minimum atomic E-state index is -0.152. The van der Waals surface area contributed by atoms with Crippen LogP contribution in [0, 0.1) is 5.41 Å². The molecule has 2 nitrogen and oxygen atoms in total. The zero-order chi connectivity index (χ0) is 35.1. The number of anilines is 1. The second-order valence-electron chi connectivity index (χ2n) is 15.3. The van der Waals surface area contributed by atoms with Crippen molar-refractivity contribution in [2.24, 2.45) is 5.41 Å². The van der Waals surface area contributed by atoms with Gasteiger partial charge in [-0.1, -0.05) is 127 Å². The second kappa shape index (κ2) is 11.7. The predicted octanol–water partition coefficient (Wildman–Crippen LogP) is 13.3. The van der Waals surface area contributed by atoms with E-state index >= 15 is 0 Å². The van der Waals surface area contributed by atoms with Crippen LogP contribution in [-0.2, 0) is 0 Å². The summed E-state index contributed by atoms with van der Waals surface area (Å²) in [4.78, 5) is 2.64. The van der Waals surface area contributed by atoms with E-state index < -0.39 is 0 Å². The summed E-state index contributed by atoms with van der Waals surface area (Å²) in [5, 5.41) is 7.79. The molecule has 3 aliphatic carbocycles. The van der Waals surface area contributed by atoms with Gasteiger partial charge in [-0.25, -0.2) is 0 Å². The number of nitrogens with zero attached hydrogens (tertiary/aromatic N) is 2. The van der Waals surface area contributed by atoms with Crippen LogP contribution in [-0.4, -0.2) is 10.6 Å². The molecule has 0 bridgehead atoms. The number of benzene rings is 6. The SMILES string of the molecule is CC12C=C(c3ccc4c(c3)c3ccccc3n4-c3cccc(C4=CC=CCC4)c3)C=CC1N(c1ccc3c(ccc4ccccc43)c1)C1=C2C=CCC1. The Morgan fingerprint density at radius 2 is 1.43 bits per heavy atom. The summed E-state index contributed by atoms with van der Waals surface area (Å²) in [5.41, 5.74) is 13.0. The molecule has 0 saturated heterocycles. The number of fused-ring (bicyclic) bond motifs is 8. The van der Waals surface area contributed by atoms with Crippen LogP contribution in [0.15, 0.2) is 181 Å². The first-order valence-corrected chi connectivity index (χ1v) is 19.2. The first-order valence-electron chi connectivity index (χ1n) is 19.2. The van der Waals surface area contributed by atoms with E-state index in [1.807, 2.05) is 0 Å². The van der Waals surface area contributed by atoms with Crippen molar-refractivity contribution in [3.8, 4) is 5.69 Å². The quantitative estimate of drug-likeness (QED) is 0.168. The fourth-order valence-electron chi connectivity index (χ4n) is 9.77. The van der Waals surface area contributed by atoms with Crippen molar-refractivity contribution >= 4 is 60.2 Å². The first-order chi connectivity index (χ1) is 26.1. The Balaban J connectivity index is 1.00. The van der Waals surface area contributed by atoms with Gasteiger partial charge < -0.3 is 9.47 Å². The molecule has 53 heavy (non-hydrogen) atoms. The molecular weight excluding hydrogens is 641 g/mol. The molecule has 0 amide bonds. The van der Waals surface area contributed by atoms with Gasteiger partial charge in [0.2, 0.25) is 0 Å². The number of rotatable bonds is 4. The number of hydrogen-bond acceptors (Lipinski definition) is 1. The average Bonchev–Trinajstić information content (AvgIpc) is 3.69. The van der Waals surface area contributed by atoms with Crippen LogP contribution in [0.5, 0.6) is 0 Å². The van der Waals surface area contributed by atoms with Crippen molar-refractivity contribution in [3.05, 3.63) is 192 Å². The highest BCUT2D eigenvalue weighted by Gasteiger charge is 2.48. The monoisotopic (exact) mass is 680 g/mol. The van der Waals surface area contributed by atoms with E-state index in [0.717, 1.165) is 25.7 Å². The van der Waals surface area contributed by atoms with Gasteiger partial charge in [-0.15, -0.1) is 0 Å². The molecule has 1 aliphatic heterocycles. The molecule has 2 atom stereocenters. The second-order valence-corrected chi connectivity index (χ2v) is 15.3. The summed E-state index contributed by atoms with van der Waals surface area (Å²) >= 11 is 0. The molecule has 0 radical (unpaired) electrons. The maximum Gasteiger partial charge on any atom is 0.0652 e. The van der Waals surface area contributed by atoms with E-state index in [1.165, 1.54) is 88.3 Å². The van der Waals surface area contributed by atoms with Crippen LogP contribution in [0.4, 0.5) is 5.69 Å². The van der Waals surface area contributed by atoms with Gasteiger partial charge in [0.1, 0.15) is 0 Å². The lowest BCUT2D eigenvalue weighted by molar-refractivity contribution is 0.486. The van der Waals surface area contributed by atoms with Gasteiger partial charge in [0.15, 0.2) is 0 Å². The number of hydrogen-bond donors (Lipinski definition) is 0.